The van der Waals surface area contributed by atoms with Crippen molar-refractivity contribution in [1.29, 1.82) is 0 Å². The Labute approximate surface area is 207 Å². The summed E-state index contributed by atoms with van der Waals surface area (Å²) >= 11 is 5.62. The van der Waals surface area contributed by atoms with Gasteiger partial charge in [0.2, 0.25) is 0 Å². The van der Waals surface area contributed by atoms with Crippen molar-refractivity contribution in [2.75, 3.05) is 5.32 Å². The molecule has 0 fully saturated rings. The van der Waals surface area contributed by atoms with Gasteiger partial charge in [-0.25, -0.2) is 9.67 Å². The molecule has 0 saturated heterocycles. The maximum Gasteiger partial charge on any atom is 0.417 e. The fraction of sp³-hybridized carbons (Fsp3) is 0.0400. The number of nitrogens with one attached hydrogen (secondary N) is 1. The van der Waals surface area contributed by atoms with Crippen molar-refractivity contribution in [3.63, 3.8) is 0 Å². The molecule has 0 unspecified atom stereocenters. The number of aromatic nitrogens is 4. The molecule has 0 bridgehead atoms. The first-order valence-corrected chi connectivity index (χ1v) is 10.9. The third-order valence-corrected chi connectivity index (χ3v) is 5.45. The second-order valence-electron chi connectivity index (χ2n) is 7.60. The number of nitrogens with zero attached hydrogens (tertiary/aromatic N) is 4. The van der Waals surface area contributed by atoms with E-state index in [4.69, 9.17) is 16.3 Å². The number of alkyl halides is 3. The summed E-state index contributed by atoms with van der Waals surface area (Å²) in [6.45, 7) is 0. The molecule has 2 aromatic heterocycles. The van der Waals surface area contributed by atoms with Gasteiger partial charge in [-0.15, -0.1) is 0 Å². The van der Waals surface area contributed by atoms with E-state index in [0.29, 0.717) is 34.0 Å². The number of hydrogen-bond acceptors (Lipinski definition) is 5. The smallest absolute Gasteiger partial charge is 0.417 e. The van der Waals surface area contributed by atoms with Crippen molar-refractivity contribution in [3.8, 4) is 17.3 Å². The van der Waals surface area contributed by atoms with Crippen LogP contribution in [0, 0.1) is 0 Å². The second-order valence-corrected chi connectivity index (χ2v) is 8.01. The predicted molar refractivity (Wildman–Crippen MR) is 128 cm³/mol. The van der Waals surface area contributed by atoms with E-state index in [1.807, 2.05) is 0 Å². The summed E-state index contributed by atoms with van der Waals surface area (Å²) in [7, 11) is 0. The Hall–Kier alpha value is -4.44. The zero-order chi connectivity index (χ0) is 25.3. The lowest BCUT2D eigenvalue weighted by atomic mass is 10.1. The van der Waals surface area contributed by atoms with E-state index in [1.165, 1.54) is 6.07 Å². The second kappa shape index (κ2) is 9.31. The van der Waals surface area contributed by atoms with Gasteiger partial charge < -0.3 is 10.1 Å². The average Bonchev–Trinajstić information content (AvgIpc) is 3.39. The van der Waals surface area contributed by atoms with Gasteiger partial charge in [-0.3, -0.25) is 9.78 Å². The largest absolute Gasteiger partial charge is 0.457 e. The standard InChI is InChI=1S/C25H15ClF3N5O2/c26-20-8-2-15(12-19(20)25(27,28)29)24(35)32-16-3-5-17(6-4-16)36-18-7-9-21-22(13-18)33-23(14-30-21)34-11-1-10-31-34/h1-14H,(H,32,35). The number of amides is 1. The monoisotopic (exact) mass is 509 g/mol. The van der Waals surface area contributed by atoms with E-state index < -0.39 is 22.7 Å². The fourth-order valence-corrected chi connectivity index (χ4v) is 3.61. The molecule has 2 heterocycles. The third-order valence-electron chi connectivity index (χ3n) is 5.12. The quantitative estimate of drug-likeness (QED) is 0.291. The van der Waals surface area contributed by atoms with E-state index in [-0.39, 0.29) is 5.56 Å². The molecule has 0 aliphatic rings. The lowest BCUT2D eigenvalue weighted by Crippen LogP contribution is -2.14. The minimum atomic E-state index is -4.67. The molecule has 0 atom stereocenters. The molecule has 36 heavy (non-hydrogen) atoms. The summed E-state index contributed by atoms with van der Waals surface area (Å²) in [6, 6.07) is 16.4. The SMILES string of the molecule is O=C(Nc1ccc(Oc2ccc3ncc(-n4cccn4)nc3c2)cc1)c1ccc(Cl)c(C(F)(F)F)c1. The van der Waals surface area contributed by atoms with E-state index in [2.05, 4.69) is 20.4 Å². The zero-order valence-corrected chi connectivity index (χ0v) is 19.0. The first kappa shape index (κ1) is 23.3. The molecule has 5 rings (SSSR count). The highest BCUT2D eigenvalue weighted by Crippen LogP contribution is 2.35. The van der Waals surface area contributed by atoms with Crippen LogP contribution in [-0.2, 0) is 6.18 Å². The van der Waals surface area contributed by atoms with Crippen LogP contribution in [0.25, 0.3) is 16.9 Å². The van der Waals surface area contributed by atoms with Crippen molar-refractivity contribution in [1.82, 2.24) is 19.7 Å². The number of benzene rings is 3. The van der Waals surface area contributed by atoms with Crippen LogP contribution in [-0.4, -0.2) is 25.7 Å². The van der Waals surface area contributed by atoms with Gasteiger partial charge in [0.25, 0.3) is 5.91 Å². The number of carbonyl (C=O) groups is 1. The van der Waals surface area contributed by atoms with Crippen LogP contribution >= 0.6 is 11.6 Å². The Morgan fingerprint density at radius 1 is 0.972 bits per heavy atom. The van der Waals surface area contributed by atoms with Crippen molar-refractivity contribution in [3.05, 3.63) is 101 Å². The van der Waals surface area contributed by atoms with Crippen LogP contribution in [0.5, 0.6) is 11.5 Å². The van der Waals surface area contributed by atoms with Crippen molar-refractivity contribution >= 4 is 34.2 Å². The van der Waals surface area contributed by atoms with Crippen molar-refractivity contribution in [2.45, 2.75) is 6.18 Å². The lowest BCUT2D eigenvalue weighted by molar-refractivity contribution is -0.137. The van der Waals surface area contributed by atoms with Crippen LogP contribution in [0.3, 0.4) is 0 Å². The number of hydrogen-bond donors (Lipinski definition) is 1. The molecular formula is C25H15ClF3N5O2. The molecular weight excluding hydrogens is 495 g/mol. The highest BCUT2D eigenvalue weighted by atomic mass is 35.5. The average molecular weight is 510 g/mol. The van der Waals surface area contributed by atoms with Gasteiger partial charge in [0.05, 0.1) is 27.8 Å². The molecule has 1 amide bonds. The molecule has 0 aliphatic carbocycles. The third kappa shape index (κ3) is 4.98. The molecule has 7 nitrogen and oxygen atoms in total. The Bertz CT molecular complexity index is 1560. The molecule has 3 aromatic carbocycles. The van der Waals surface area contributed by atoms with Gasteiger partial charge in [0.15, 0.2) is 5.82 Å². The predicted octanol–water partition coefficient (Wildman–Crippen LogP) is 6.53. The van der Waals surface area contributed by atoms with E-state index >= 15 is 0 Å². The van der Waals surface area contributed by atoms with Crippen LogP contribution in [0.15, 0.2) is 85.3 Å². The Morgan fingerprint density at radius 3 is 2.47 bits per heavy atom. The van der Waals surface area contributed by atoms with Crippen molar-refractivity contribution < 1.29 is 22.7 Å². The van der Waals surface area contributed by atoms with Gasteiger partial charge in [0.1, 0.15) is 11.5 Å². The number of carbonyl (C=O) groups excluding carboxylic acids is 1. The van der Waals surface area contributed by atoms with Crippen LogP contribution < -0.4 is 10.1 Å². The molecule has 0 saturated carbocycles. The number of rotatable bonds is 5. The first-order valence-electron chi connectivity index (χ1n) is 10.5. The van der Waals surface area contributed by atoms with Gasteiger partial charge in [-0.1, -0.05) is 11.6 Å². The number of halogens is 4. The Kier molecular flexibility index (Phi) is 6.03. The zero-order valence-electron chi connectivity index (χ0n) is 18.2. The van der Waals surface area contributed by atoms with Gasteiger partial charge in [0, 0.05) is 29.7 Å². The molecule has 180 valence electrons. The van der Waals surface area contributed by atoms with Gasteiger partial charge >= 0.3 is 6.18 Å². The number of fused-ring (bicyclic) bond motifs is 1. The summed E-state index contributed by atoms with van der Waals surface area (Å²) in [6.07, 6.45) is 0.365. The number of ether oxygens (including phenoxy) is 1. The molecule has 1 N–H and O–H groups in total. The van der Waals surface area contributed by atoms with Crippen molar-refractivity contribution in [2.24, 2.45) is 0 Å². The number of anilines is 1. The maximum atomic E-state index is 13.1. The Morgan fingerprint density at radius 2 is 1.75 bits per heavy atom. The minimum Gasteiger partial charge on any atom is -0.457 e. The van der Waals surface area contributed by atoms with E-state index in [9.17, 15) is 18.0 Å². The molecule has 0 radical (unpaired) electrons. The molecule has 11 heteroatoms. The first-order chi connectivity index (χ1) is 17.3. The molecule has 5 aromatic rings. The minimum absolute atomic E-state index is 0.168. The highest BCUT2D eigenvalue weighted by Gasteiger charge is 2.33. The normalized spacial score (nSPS) is 11.4. The van der Waals surface area contributed by atoms with Crippen LogP contribution in [0.1, 0.15) is 15.9 Å². The summed E-state index contributed by atoms with van der Waals surface area (Å²) in [4.78, 5) is 21.4. The summed E-state index contributed by atoms with van der Waals surface area (Å²) in [5.74, 6) is 0.862. The molecule has 0 spiro atoms. The molecule has 0 aliphatic heterocycles. The van der Waals surface area contributed by atoms with Gasteiger partial charge in [-0.05, 0) is 60.7 Å². The van der Waals surface area contributed by atoms with Crippen LogP contribution in [0.4, 0.5) is 18.9 Å². The summed E-state index contributed by atoms with van der Waals surface area (Å²) in [5, 5.41) is 6.23. The fourth-order valence-electron chi connectivity index (χ4n) is 3.39. The summed E-state index contributed by atoms with van der Waals surface area (Å²) in [5.41, 5.74) is 0.443. The Balaban J connectivity index is 1.29. The van der Waals surface area contributed by atoms with Gasteiger partial charge in [-0.2, -0.15) is 18.3 Å². The van der Waals surface area contributed by atoms with E-state index in [1.54, 1.807) is 71.8 Å². The summed E-state index contributed by atoms with van der Waals surface area (Å²) < 4.78 is 46.7. The highest BCUT2D eigenvalue weighted by molar-refractivity contribution is 6.31. The van der Waals surface area contributed by atoms with Crippen LogP contribution in [0.2, 0.25) is 5.02 Å². The lowest BCUT2D eigenvalue weighted by Gasteiger charge is -2.12. The topological polar surface area (TPSA) is 81.9 Å². The van der Waals surface area contributed by atoms with E-state index in [0.717, 1.165) is 12.1 Å². The maximum absolute atomic E-state index is 13.1.